The topological polar surface area (TPSA) is 97.5 Å². The number of hydrogen-bond acceptors (Lipinski definition) is 6. The van der Waals surface area contributed by atoms with Crippen LogP contribution in [-0.2, 0) is 11.3 Å². The number of rotatable bonds is 4. The van der Waals surface area contributed by atoms with Gasteiger partial charge in [0, 0.05) is 17.8 Å². The average molecular weight is 288 g/mol. The van der Waals surface area contributed by atoms with E-state index in [1.54, 1.807) is 24.3 Å². The van der Waals surface area contributed by atoms with Crippen LogP contribution in [0.5, 0.6) is 0 Å². The van der Waals surface area contributed by atoms with Gasteiger partial charge in [0.2, 0.25) is 5.76 Å². The van der Waals surface area contributed by atoms with Crippen molar-refractivity contribution in [2.45, 2.75) is 6.54 Å². The maximum atomic E-state index is 11.5. The zero-order chi connectivity index (χ0) is 14.8. The molecule has 2 N–H and O–H groups in total. The molecule has 0 aliphatic rings. The fourth-order valence-corrected chi connectivity index (χ4v) is 2.01. The van der Waals surface area contributed by atoms with Gasteiger partial charge in [0.25, 0.3) is 0 Å². The van der Waals surface area contributed by atoms with Crippen molar-refractivity contribution in [1.29, 1.82) is 0 Å². The Morgan fingerprint density at radius 3 is 3.05 bits per heavy atom. The van der Waals surface area contributed by atoms with Crippen molar-refractivity contribution in [2.75, 3.05) is 12.4 Å². The minimum Gasteiger partial charge on any atom is -0.463 e. The number of aromatic amines is 1. The minimum absolute atomic E-state index is 0.169. The van der Waals surface area contributed by atoms with E-state index in [0.717, 1.165) is 5.69 Å². The lowest BCUT2D eigenvalue weighted by atomic mass is 10.2. The molecule has 7 heteroatoms. The molecular weight excluding hydrogens is 276 g/mol. The van der Waals surface area contributed by atoms with Crippen LogP contribution in [0.2, 0.25) is 0 Å². The van der Waals surface area contributed by atoms with E-state index in [2.05, 4.69) is 15.0 Å². The number of H-pyrrole nitrogens is 1. The Balaban J connectivity index is 1.78. The number of ether oxygens (including phenoxy) is 1. The second-order valence-electron chi connectivity index (χ2n) is 4.35. The van der Waals surface area contributed by atoms with Gasteiger partial charge >= 0.3 is 11.7 Å². The highest BCUT2D eigenvalue weighted by Gasteiger charge is 2.15. The third kappa shape index (κ3) is 2.53. The largest absolute Gasteiger partial charge is 0.463 e. The van der Waals surface area contributed by atoms with Crippen molar-refractivity contribution >= 4 is 22.8 Å². The highest BCUT2D eigenvalue weighted by molar-refractivity contribution is 5.88. The molecule has 0 aliphatic carbocycles. The first-order valence-electron chi connectivity index (χ1n) is 6.19. The average Bonchev–Trinajstić information content (AvgIpc) is 3.08. The molecule has 0 fully saturated rings. The van der Waals surface area contributed by atoms with Crippen molar-refractivity contribution in [1.82, 2.24) is 4.98 Å². The van der Waals surface area contributed by atoms with E-state index in [1.807, 2.05) is 0 Å². The quantitative estimate of drug-likeness (QED) is 0.714. The second-order valence-corrected chi connectivity index (χ2v) is 4.35. The Morgan fingerprint density at radius 1 is 1.38 bits per heavy atom. The number of esters is 1. The lowest BCUT2D eigenvalue weighted by Gasteiger charge is -2.05. The molecule has 7 nitrogen and oxygen atoms in total. The smallest absolute Gasteiger partial charge is 0.417 e. The van der Waals surface area contributed by atoms with E-state index in [1.165, 1.54) is 13.4 Å². The molecule has 0 spiro atoms. The summed E-state index contributed by atoms with van der Waals surface area (Å²) in [5.41, 5.74) is 2.55. The molecule has 0 radical (unpaired) electrons. The van der Waals surface area contributed by atoms with E-state index in [-0.39, 0.29) is 5.76 Å². The van der Waals surface area contributed by atoms with Gasteiger partial charge in [-0.1, -0.05) is 0 Å². The molecule has 3 rings (SSSR count). The first-order chi connectivity index (χ1) is 10.2. The molecule has 21 heavy (non-hydrogen) atoms. The predicted molar refractivity (Wildman–Crippen MR) is 74.2 cm³/mol. The van der Waals surface area contributed by atoms with E-state index in [9.17, 15) is 9.59 Å². The predicted octanol–water partition coefficient (Wildman–Crippen LogP) is 2.11. The molecular formula is C14H12N2O5. The number of oxazole rings is 1. The van der Waals surface area contributed by atoms with Crippen LogP contribution in [0.15, 0.2) is 44.2 Å². The van der Waals surface area contributed by atoms with Crippen molar-refractivity contribution in [2.24, 2.45) is 0 Å². The molecule has 2 aromatic heterocycles. The van der Waals surface area contributed by atoms with Gasteiger partial charge in [-0.3, -0.25) is 4.98 Å². The summed E-state index contributed by atoms with van der Waals surface area (Å²) in [5, 5.41) is 3.14. The minimum atomic E-state index is -0.522. The Morgan fingerprint density at radius 2 is 2.24 bits per heavy atom. The summed E-state index contributed by atoms with van der Waals surface area (Å²) in [6.45, 7) is 0.383. The zero-order valence-corrected chi connectivity index (χ0v) is 11.1. The molecule has 2 heterocycles. The Bertz CT molecular complexity index is 842. The van der Waals surface area contributed by atoms with E-state index >= 15 is 0 Å². The highest BCUT2D eigenvalue weighted by Crippen LogP contribution is 2.18. The van der Waals surface area contributed by atoms with E-state index in [0.29, 0.717) is 23.2 Å². The molecule has 0 bridgehead atoms. The van der Waals surface area contributed by atoms with Crippen LogP contribution < -0.4 is 11.1 Å². The molecule has 0 unspecified atom stereocenters. The highest BCUT2D eigenvalue weighted by atomic mass is 16.5. The fraction of sp³-hybridized carbons (Fsp3) is 0.143. The fourth-order valence-electron chi connectivity index (χ4n) is 2.01. The molecule has 0 aliphatic heterocycles. The molecule has 1 aromatic carbocycles. The van der Waals surface area contributed by atoms with Crippen molar-refractivity contribution in [3.8, 4) is 0 Å². The third-order valence-electron chi connectivity index (χ3n) is 3.02. The van der Waals surface area contributed by atoms with Crippen molar-refractivity contribution in [3.05, 3.63) is 52.4 Å². The standard InChI is InChI=1S/C14H12N2O5/c1-19-13(17)12-8(4-5-20-12)7-15-9-2-3-11-10(6-9)16-14(18)21-11/h2-6,15H,7H2,1H3,(H,16,18). The number of aromatic nitrogens is 1. The number of carbonyl (C=O) groups excluding carboxylic acids is 1. The van der Waals surface area contributed by atoms with Crippen LogP contribution in [0, 0.1) is 0 Å². The van der Waals surface area contributed by atoms with E-state index < -0.39 is 11.7 Å². The maximum Gasteiger partial charge on any atom is 0.417 e. The molecule has 0 saturated carbocycles. The van der Waals surface area contributed by atoms with Crippen LogP contribution in [0.4, 0.5) is 5.69 Å². The maximum absolute atomic E-state index is 11.5. The van der Waals surface area contributed by atoms with Gasteiger partial charge in [-0.25, -0.2) is 9.59 Å². The summed E-state index contributed by atoms with van der Waals surface area (Å²) in [6.07, 6.45) is 1.43. The van der Waals surface area contributed by atoms with Crippen LogP contribution in [-0.4, -0.2) is 18.1 Å². The number of carbonyl (C=O) groups is 1. The van der Waals surface area contributed by atoms with Gasteiger partial charge in [0.15, 0.2) is 5.58 Å². The van der Waals surface area contributed by atoms with Gasteiger partial charge in [-0.05, 0) is 24.3 Å². The summed E-state index contributed by atoms with van der Waals surface area (Å²) in [7, 11) is 1.30. The zero-order valence-electron chi connectivity index (χ0n) is 11.1. The number of anilines is 1. The Labute approximate surface area is 118 Å². The SMILES string of the molecule is COC(=O)c1occc1CNc1ccc2oc(=O)[nH]c2c1. The number of hydrogen-bond donors (Lipinski definition) is 2. The summed E-state index contributed by atoms with van der Waals surface area (Å²) >= 11 is 0. The molecule has 0 saturated heterocycles. The van der Waals surface area contributed by atoms with Crippen LogP contribution in [0.25, 0.3) is 11.1 Å². The molecule has 3 aromatic rings. The van der Waals surface area contributed by atoms with Gasteiger partial charge in [0.05, 0.1) is 18.9 Å². The van der Waals surface area contributed by atoms with E-state index in [4.69, 9.17) is 8.83 Å². The normalized spacial score (nSPS) is 10.7. The first-order valence-corrected chi connectivity index (χ1v) is 6.19. The lowest BCUT2D eigenvalue weighted by molar-refractivity contribution is 0.0563. The van der Waals surface area contributed by atoms with Gasteiger partial charge in [-0.15, -0.1) is 0 Å². The summed E-state index contributed by atoms with van der Waals surface area (Å²) in [6, 6.07) is 6.90. The summed E-state index contributed by atoms with van der Waals surface area (Å²) in [4.78, 5) is 25.2. The molecule has 0 atom stereocenters. The molecule has 108 valence electrons. The number of nitrogens with one attached hydrogen (secondary N) is 2. The summed E-state index contributed by atoms with van der Waals surface area (Å²) < 4.78 is 14.7. The Kier molecular flexibility index (Phi) is 3.23. The van der Waals surface area contributed by atoms with Gasteiger partial charge in [-0.2, -0.15) is 0 Å². The van der Waals surface area contributed by atoms with Crippen molar-refractivity contribution < 1.29 is 18.4 Å². The first kappa shape index (κ1) is 13.0. The van der Waals surface area contributed by atoms with Gasteiger partial charge in [0.1, 0.15) is 0 Å². The lowest BCUT2D eigenvalue weighted by Crippen LogP contribution is -2.06. The number of fused-ring (bicyclic) bond motifs is 1. The third-order valence-corrected chi connectivity index (χ3v) is 3.02. The van der Waals surface area contributed by atoms with Crippen LogP contribution in [0.3, 0.4) is 0 Å². The molecule has 0 amide bonds. The van der Waals surface area contributed by atoms with Gasteiger partial charge < -0.3 is 18.9 Å². The van der Waals surface area contributed by atoms with Crippen LogP contribution in [0.1, 0.15) is 16.1 Å². The van der Waals surface area contributed by atoms with Crippen LogP contribution >= 0.6 is 0 Å². The monoisotopic (exact) mass is 288 g/mol. The van der Waals surface area contributed by atoms with Crippen molar-refractivity contribution in [3.63, 3.8) is 0 Å². The summed E-state index contributed by atoms with van der Waals surface area (Å²) in [5.74, 6) is -0.848. The second kappa shape index (κ2) is 5.20. The number of benzene rings is 1. The Hall–Kier alpha value is -2.96. The number of furan rings is 1. The number of methoxy groups -OCH3 is 1.